The average Bonchev–Trinajstić information content (AvgIpc) is 2.49. The molecule has 0 spiro atoms. The molecular weight excluding hydrogens is 292 g/mol. The van der Waals surface area contributed by atoms with Crippen LogP contribution in [0.4, 0.5) is 0 Å². The lowest BCUT2D eigenvalue weighted by Gasteiger charge is -2.04. The Labute approximate surface area is 128 Å². The van der Waals surface area contributed by atoms with Crippen molar-refractivity contribution in [3.8, 4) is 5.75 Å². The summed E-state index contributed by atoms with van der Waals surface area (Å²) in [5, 5.41) is 0.728. The Hall–Kier alpha value is -1.45. The van der Waals surface area contributed by atoms with E-state index in [9.17, 15) is 4.79 Å². The summed E-state index contributed by atoms with van der Waals surface area (Å²) < 4.78 is 5.12. The van der Waals surface area contributed by atoms with E-state index >= 15 is 0 Å². The summed E-state index contributed by atoms with van der Waals surface area (Å²) in [6.07, 6.45) is 0. The van der Waals surface area contributed by atoms with Crippen LogP contribution in [0, 0.1) is 0 Å². The number of rotatable bonds is 6. The summed E-state index contributed by atoms with van der Waals surface area (Å²) in [7, 11) is 1.60. The second-order valence-electron chi connectivity index (χ2n) is 4.27. The lowest BCUT2D eigenvalue weighted by atomic mass is 10.1. The fraction of sp³-hybridized carbons (Fsp3) is 0.188. The minimum absolute atomic E-state index is 0.114. The molecule has 104 valence electrons. The van der Waals surface area contributed by atoms with Crippen LogP contribution in [0.3, 0.4) is 0 Å². The monoisotopic (exact) mass is 306 g/mol. The minimum Gasteiger partial charge on any atom is -0.497 e. The number of carbonyl (C=O) groups excluding carboxylic acids is 1. The van der Waals surface area contributed by atoms with E-state index in [0.29, 0.717) is 17.1 Å². The van der Waals surface area contributed by atoms with Crippen molar-refractivity contribution in [2.75, 3.05) is 12.9 Å². The fourth-order valence-corrected chi connectivity index (χ4v) is 2.73. The Morgan fingerprint density at radius 2 is 1.95 bits per heavy atom. The Morgan fingerprint density at radius 1 is 1.20 bits per heavy atom. The molecular formula is C16H15ClO2S. The highest BCUT2D eigenvalue weighted by molar-refractivity contribution is 7.99. The summed E-state index contributed by atoms with van der Waals surface area (Å²) in [4.78, 5) is 12.1. The van der Waals surface area contributed by atoms with E-state index in [1.807, 2.05) is 42.5 Å². The fourth-order valence-electron chi connectivity index (χ4n) is 1.72. The molecule has 0 aromatic heterocycles. The third kappa shape index (κ3) is 4.29. The van der Waals surface area contributed by atoms with E-state index in [-0.39, 0.29) is 5.78 Å². The van der Waals surface area contributed by atoms with Gasteiger partial charge >= 0.3 is 0 Å². The zero-order valence-corrected chi connectivity index (χ0v) is 12.7. The number of thioether (sulfide) groups is 1. The van der Waals surface area contributed by atoms with Gasteiger partial charge in [-0.25, -0.2) is 0 Å². The predicted octanol–water partition coefficient (Wildman–Crippen LogP) is 4.46. The summed E-state index contributed by atoms with van der Waals surface area (Å²) in [6, 6.07) is 14.9. The van der Waals surface area contributed by atoms with Gasteiger partial charge < -0.3 is 4.74 Å². The Balaban J connectivity index is 1.87. The quantitative estimate of drug-likeness (QED) is 0.737. The second-order valence-corrected chi connectivity index (χ2v) is 5.70. The average molecular weight is 307 g/mol. The molecule has 0 saturated carbocycles. The van der Waals surface area contributed by atoms with Crippen molar-refractivity contribution < 1.29 is 9.53 Å². The number of carbonyl (C=O) groups is 1. The highest BCUT2D eigenvalue weighted by Crippen LogP contribution is 2.18. The number of benzene rings is 2. The van der Waals surface area contributed by atoms with Crippen molar-refractivity contribution in [3.63, 3.8) is 0 Å². The van der Waals surface area contributed by atoms with Crippen LogP contribution in [0.15, 0.2) is 48.5 Å². The topological polar surface area (TPSA) is 26.3 Å². The highest BCUT2D eigenvalue weighted by atomic mass is 35.5. The molecule has 2 rings (SSSR count). The molecule has 0 amide bonds. The summed E-state index contributed by atoms with van der Waals surface area (Å²) in [5.41, 5.74) is 1.85. The van der Waals surface area contributed by atoms with Gasteiger partial charge in [0.05, 0.1) is 12.9 Å². The first-order chi connectivity index (χ1) is 9.69. The van der Waals surface area contributed by atoms with E-state index < -0.39 is 0 Å². The third-order valence-corrected chi connectivity index (χ3v) is 4.06. The van der Waals surface area contributed by atoms with Crippen molar-refractivity contribution in [2.24, 2.45) is 0 Å². The van der Waals surface area contributed by atoms with E-state index in [0.717, 1.165) is 16.3 Å². The van der Waals surface area contributed by atoms with Crippen molar-refractivity contribution >= 4 is 29.1 Å². The first-order valence-electron chi connectivity index (χ1n) is 6.18. The zero-order chi connectivity index (χ0) is 14.4. The lowest BCUT2D eigenvalue weighted by molar-refractivity contribution is 0.102. The number of methoxy groups -OCH3 is 1. The molecule has 0 unspecified atom stereocenters. The van der Waals surface area contributed by atoms with Gasteiger partial charge in [-0.1, -0.05) is 35.9 Å². The molecule has 0 aliphatic heterocycles. The molecule has 0 fully saturated rings. The minimum atomic E-state index is 0.114. The molecule has 0 heterocycles. The highest BCUT2D eigenvalue weighted by Gasteiger charge is 2.07. The van der Waals surface area contributed by atoms with Crippen molar-refractivity contribution in [3.05, 3.63) is 64.7 Å². The van der Waals surface area contributed by atoms with Crippen LogP contribution in [-0.4, -0.2) is 18.6 Å². The van der Waals surface area contributed by atoms with Crippen LogP contribution >= 0.6 is 23.4 Å². The maximum Gasteiger partial charge on any atom is 0.172 e. The first kappa shape index (κ1) is 14.9. The molecule has 0 aliphatic carbocycles. The molecule has 20 heavy (non-hydrogen) atoms. The van der Waals surface area contributed by atoms with Crippen molar-refractivity contribution in [1.29, 1.82) is 0 Å². The SMILES string of the molecule is COc1cccc(C(=O)CSCc2ccc(Cl)cc2)c1. The van der Waals surface area contributed by atoms with Gasteiger partial charge in [0.2, 0.25) is 0 Å². The van der Waals surface area contributed by atoms with Crippen molar-refractivity contribution in [2.45, 2.75) is 5.75 Å². The van der Waals surface area contributed by atoms with E-state index in [1.54, 1.807) is 24.9 Å². The van der Waals surface area contributed by atoms with Crippen LogP contribution in [0.2, 0.25) is 5.02 Å². The van der Waals surface area contributed by atoms with Crippen LogP contribution in [0.1, 0.15) is 15.9 Å². The van der Waals surface area contributed by atoms with Crippen LogP contribution < -0.4 is 4.74 Å². The molecule has 0 saturated heterocycles. The van der Waals surface area contributed by atoms with Gasteiger partial charge in [-0.2, -0.15) is 0 Å². The van der Waals surface area contributed by atoms with Gasteiger partial charge in [-0.3, -0.25) is 4.79 Å². The number of halogens is 1. The van der Waals surface area contributed by atoms with Gasteiger partial charge in [0.25, 0.3) is 0 Å². The van der Waals surface area contributed by atoms with Gasteiger partial charge in [-0.15, -0.1) is 11.8 Å². The van der Waals surface area contributed by atoms with Gasteiger partial charge in [-0.05, 0) is 29.8 Å². The van der Waals surface area contributed by atoms with Crippen LogP contribution in [0.25, 0.3) is 0 Å². The van der Waals surface area contributed by atoms with Crippen LogP contribution in [0.5, 0.6) is 5.75 Å². The lowest BCUT2D eigenvalue weighted by Crippen LogP contribution is -2.02. The van der Waals surface area contributed by atoms with Gasteiger partial charge in [0.1, 0.15) is 5.75 Å². The van der Waals surface area contributed by atoms with Gasteiger partial charge in [0, 0.05) is 16.3 Å². The number of hydrogen-bond donors (Lipinski definition) is 0. The number of hydrogen-bond acceptors (Lipinski definition) is 3. The molecule has 0 N–H and O–H groups in total. The maximum atomic E-state index is 12.1. The standard InChI is InChI=1S/C16H15ClO2S/c1-19-15-4-2-3-13(9-15)16(18)11-20-10-12-5-7-14(17)8-6-12/h2-9H,10-11H2,1H3. The molecule has 2 aromatic rings. The summed E-state index contributed by atoms with van der Waals surface area (Å²) in [5.74, 6) is 2.07. The zero-order valence-electron chi connectivity index (χ0n) is 11.1. The third-order valence-electron chi connectivity index (χ3n) is 2.81. The maximum absolute atomic E-state index is 12.1. The smallest absolute Gasteiger partial charge is 0.172 e. The summed E-state index contributed by atoms with van der Waals surface area (Å²) >= 11 is 7.43. The summed E-state index contributed by atoms with van der Waals surface area (Å²) in [6.45, 7) is 0. The number of ether oxygens (including phenoxy) is 1. The first-order valence-corrected chi connectivity index (χ1v) is 7.72. The Bertz CT molecular complexity index is 581. The molecule has 0 aliphatic rings. The van der Waals surface area contributed by atoms with Gasteiger partial charge in [0.15, 0.2) is 5.78 Å². The Kier molecular flexibility index (Phi) is 5.50. The van der Waals surface area contributed by atoms with E-state index in [4.69, 9.17) is 16.3 Å². The van der Waals surface area contributed by atoms with E-state index in [1.165, 1.54) is 0 Å². The van der Waals surface area contributed by atoms with E-state index in [2.05, 4.69) is 0 Å². The Morgan fingerprint density at radius 3 is 2.65 bits per heavy atom. The molecule has 0 bridgehead atoms. The number of Topliss-reactive ketones (excluding diaryl/α,β-unsaturated/α-hetero) is 1. The molecule has 0 atom stereocenters. The van der Waals surface area contributed by atoms with Crippen molar-refractivity contribution in [1.82, 2.24) is 0 Å². The second kappa shape index (κ2) is 7.36. The largest absolute Gasteiger partial charge is 0.497 e. The molecule has 0 radical (unpaired) electrons. The molecule has 4 heteroatoms. The number of ketones is 1. The normalized spacial score (nSPS) is 10.3. The predicted molar refractivity (Wildman–Crippen MR) is 84.9 cm³/mol. The van der Waals surface area contributed by atoms with Crippen LogP contribution in [-0.2, 0) is 5.75 Å². The molecule has 2 nitrogen and oxygen atoms in total. The molecule has 2 aromatic carbocycles.